The van der Waals surface area contributed by atoms with E-state index in [0.29, 0.717) is 4.99 Å². The largest absolute Gasteiger partial charge is 0.389 e. The minimum absolute atomic E-state index is 0.474. The van der Waals surface area contributed by atoms with Crippen molar-refractivity contribution in [3.63, 3.8) is 0 Å². The number of rotatable bonds is 3. The molecule has 0 atom stereocenters. The highest BCUT2D eigenvalue weighted by Crippen LogP contribution is 2.46. The van der Waals surface area contributed by atoms with Gasteiger partial charge >= 0.3 is 0 Å². The van der Waals surface area contributed by atoms with Gasteiger partial charge in [0.15, 0.2) is 0 Å². The fraction of sp³-hybridized carbons (Fsp3) is 0.188. The van der Waals surface area contributed by atoms with E-state index in [4.69, 9.17) is 18.0 Å². The summed E-state index contributed by atoms with van der Waals surface area (Å²) in [6.07, 6.45) is 2.05. The van der Waals surface area contributed by atoms with Gasteiger partial charge in [0.25, 0.3) is 0 Å². The highest BCUT2D eigenvalue weighted by Gasteiger charge is 2.20. The molecule has 2 aromatic rings. The smallest absolute Gasteiger partial charge is 0.104 e. The lowest BCUT2D eigenvalue weighted by Crippen LogP contribution is -2.15. The Morgan fingerprint density at radius 1 is 1.20 bits per heavy atom. The lowest BCUT2D eigenvalue weighted by atomic mass is 10.00. The second kappa shape index (κ2) is 5.46. The molecule has 1 aliphatic heterocycles. The first-order valence-electron chi connectivity index (χ1n) is 6.70. The van der Waals surface area contributed by atoms with Crippen molar-refractivity contribution < 1.29 is 0 Å². The first-order valence-corrected chi connectivity index (χ1v) is 7.92. The van der Waals surface area contributed by atoms with E-state index >= 15 is 0 Å². The predicted molar refractivity (Wildman–Crippen MR) is 90.2 cm³/mol. The molecule has 1 heterocycles. The van der Waals surface area contributed by atoms with Crippen LogP contribution in [-0.2, 0) is 6.42 Å². The first-order chi connectivity index (χ1) is 9.70. The Hall–Kier alpha value is -1.52. The van der Waals surface area contributed by atoms with Crippen LogP contribution in [0.5, 0.6) is 0 Å². The summed E-state index contributed by atoms with van der Waals surface area (Å²) < 4.78 is 0. The highest BCUT2D eigenvalue weighted by molar-refractivity contribution is 7.99. The Kier molecular flexibility index (Phi) is 3.68. The zero-order valence-electron chi connectivity index (χ0n) is 11.3. The molecule has 0 amide bonds. The van der Waals surface area contributed by atoms with E-state index in [1.165, 1.54) is 21.0 Å². The van der Waals surface area contributed by atoms with Crippen LogP contribution in [0, 0.1) is 0 Å². The van der Waals surface area contributed by atoms with E-state index in [0.717, 1.165) is 24.1 Å². The van der Waals surface area contributed by atoms with E-state index in [1.807, 2.05) is 6.07 Å². The van der Waals surface area contributed by atoms with Crippen molar-refractivity contribution in [1.29, 1.82) is 0 Å². The summed E-state index contributed by atoms with van der Waals surface area (Å²) in [5.41, 5.74) is 10.4. The molecule has 2 aromatic carbocycles. The Labute approximate surface area is 128 Å². The number of thiocarbonyl (C=S) groups is 1. The maximum absolute atomic E-state index is 5.87. The fourth-order valence-electron chi connectivity index (χ4n) is 2.50. The van der Waals surface area contributed by atoms with Gasteiger partial charge in [-0.05, 0) is 30.2 Å². The number of anilines is 2. The monoisotopic (exact) mass is 300 g/mol. The van der Waals surface area contributed by atoms with Crippen molar-refractivity contribution in [2.24, 2.45) is 5.73 Å². The Morgan fingerprint density at radius 3 is 2.75 bits per heavy atom. The van der Waals surface area contributed by atoms with E-state index in [-0.39, 0.29) is 0 Å². The Balaban J connectivity index is 2.13. The lowest BCUT2D eigenvalue weighted by molar-refractivity contribution is 0.917. The van der Waals surface area contributed by atoms with Gasteiger partial charge in [0.2, 0.25) is 0 Å². The molecule has 0 fully saturated rings. The maximum Gasteiger partial charge on any atom is 0.104 e. The second-order valence-corrected chi connectivity index (χ2v) is 6.33. The normalized spacial score (nSPS) is 12.2. The van der Waals surface area contributed by atoms with Gasteiger partial charge in [-0.15, -0.1) is 0 Å². The standard InChI is InChI=1S/C16H16N2S2/c1-2-5-10-11(16(17)19)8-9-14-15(10)18-12-6-3-4-7-13(12)20-14/h3-4,6-9,18H,2,5H2,1H3,(H2,17,19). The summed E-state index contributed by atoms with van der Waals surface area (Å²) in [5.74, 6) is 0. The number of nitrogens with two attached hydrogens (primary N) is 1. The minimum Gasteiger partial charge on any atom is -0.389 e. The molecule has 4 heteroatoms. The van der Waals surface area contributed by atoms with Crippen molar-refractivity contribution in [2.45, 2.75) is 29.6 Å². The van der Waals surface area contributed by atoms with Crippen LogP contribution in [0.3, 0.4) is 0 Å². The van der Waals surface area contributed by atoms with Crippen LogP contribution < -0.4 is 11.1 Å². The summed E-state index contributed by atoms with van der Waals surface area (Å²) in [7, 11) is 0. The molecule has 0 saturated carbocycles. The molecule has 3 N–H and O–H groups in total. The third-order valence-electron chi connectivity index (χ3n) is 3.41. The molecule has 0 saturated heterocycles. The van der Waals surface area contributed by atoms with Crippen LogP contribution in [-0.4, -0.2) is 4.99 Å². The summed E-state index contributed by atoms with van der Waals surface area (Å²) in [4.78, 5) is 2.97. The van der Waals surface area contributed by atoms with Gasteiger partial charge in [0.1, 0.15) is 4.99 Å². The predicted octanol–water partition coefficient (Wildman–Crippen LogP) is 4.48. The molecule has 0 radical (unpaired) electrons. The molecule has 2 nitrogen and oxygen atoms in total. The average Bonchev–Trinajstić information content (AvgIpc) is 2.45. The maximum atomic E-state index is 5.87. The molecule has 20 heavy (non-hydrogen) atoms. The van der Waals surface area contributed by atoms with E-state index in [1.54, 1.807) is 11.8 Å². The molecule has 0 aromatic heterocycles. The number of fused-ring (bicyclic) bond motifs is 2. The van der Waals surface area contributed by atoms with Crippen LogP contribution in [0.2, 0.25) is 0 Å². The minimum atomic E-state index is 0.474. The van der Waals surface area contributed by atoms with Gasteiger partial charge in [-0.1, -0.05) is 55.5 Å². The van der Waals surface area contributed by atoms with Crippen LogP contribution in [0.25, 0.3) is 0 Å². The highest BCUT2D eigenvalue weighted by atomic mass is 32.2. The second-order valence-electron chi connectivity index (χ2n) is 4.80. The topological polar surface area (TPSA) is 38.0 Å². The molecule has 1 aliphatic rings. The van der Waals surface area contributed by atoms with Crippen molar-refractivity contribution in [2.75, 3.05) is 5.32 Å². The zero-order chi connectivity index (χ0) is 14.1. The van der Waals surface area contributed by atoms with E-state index < -0.39 is 0 Å². The number of hydrogen-bond donors (Lipinski definition) is 2. The van der Waals surface area contributed by atoms with Crippen LogP contribution in [0.4, 0.5) is 11.4 Å². The summed E-state index contributed by atoms with van der Waals surface area (Å²) in [6, 6.07) is 12.5. The molecule has 3 rings (SSSR count). The van der Waals surface area contributed by atoms with Crippen molar-refractivity contribution in [1.82, 2.24) is 0 Å². The molecule has 102 valence electrons. The van der Waals surface area contributed by atoms with Crippen LogP contribution in [0.1, 0.15) is 24.5 Å². The summed E-state index contributed by atoms with van der Waals surface area (Å²) >= 11 is 6.99. The average molecular weight is 300 g/mol. The van der Waals surface area contributed by atoms with Gasteiger partial charge in [-0.2, -0.15) is 0 Å². The van der Waals surface area contributed by atoms with Gasteiger partial charge in [0.05, 0.1) is 11.4 Å². The Bertz CT molecular complexity index is 680. The SMILES string of the molecule is CCCc1c(C(N)=S)ccc2c1Nc1ccccc1S2. The third kappa shape index (κ3) is 2.30. The lowest BCUT2D eigenvalue weighted by Gasteiger charge is -2.25. The van der Waals surface area contributed by atoms with Crippen molar-refractivity contribution in [3.05, 3.63) is 47.5 Å². The fourth-order valence-corrected chi connectivity index (χ4v) is 3.72. The molecule has 0 spiro atoms. The van der Waals surface area contributed by atoms with Gasteiger partial charge < -0.3 is 11.1 Å². The van der Waals surface area contributed by atoms with Crippen molar-refractivity contribution in [3.8, 4) is 0 Å². The van der Waals surface area contributed by atoms with E-state index in [2.05, 4.69) is 42.6 Å². The van der Waals surface area contributed by atoms with Crippen LogP contribution >= 0.6 is 24.0 Å². The Morgan fingerprint density at radius 2 is 2.00 bits per heavy atom. The van der Waals surface area contributed by atoms with Gasteiger partial charge in [-0.3, -0.25) is 0 Å². The zero-order valence-corrected chi connectivity index (χ0v) is 12.9. The quantitative estimate of drug-likeness (QED) is 0.699. The number of nitrogens with one attached hydrogen (secondary N) is 1. The van der Waals surface area contributed by atoms with Crippen molar-refractivity contribution >= 4 is 40.3 Å². The summed E-state index contributed by atoms with van der Waals surface area (Å²) in [5, 5.41) is 3.55. The molecular formula is C16H16N2S2. The first kappa shape index (κ1) is 13.5. The molecule has 0 unspecified atom stereocenters. The van der Waals surface area contributed by atoms with Crippen LogP contribution in [0.15, 0.2) is 46.2 Å². The number of hydrogen-bond acceptors (Lipinski definition) is 3. The molecule has 0 bridgehead atoms. The third-order valence-corrected chi connectivity index (χ3v) is 4.76. The van der Waals surface area contributed by atoms with Gasteiger partial charge in [0, 0.05) is 15.4 Å². The molecule has 0 aliphatic carbocycles. The summed E-state index contributed by atoms with van der Waals surface area (Å²) in [6.45, 7) is 2.17. The molecular weight excluding hydrogens is 284 g/mol. The number of para-hydroxylation sites is 1. The van der Waals surface area contributed by atoms with Gasteiger partial charge in [-0.25, -0.2) is 0 Å². The van der Waals surface area contributed by atoms with E-state index in [9.17, 15) is 0 Å². The number of benzene rings is 2.